The average molecular weight is 200 g/mol. The van der Waals surface area contributed by atoms with Gasteiger partial charge in [-0.1, -0.05) is 25.6 Å². The second-order valence-electron chi connectivity index (χ2n) is 3.16. The van der Waals surface area contributed by atoms with Gasteiger partial charge in [0, 0.05) is 18.7 Å². The van der Waals surface area contributed by atoms with Gasteiger partial charge in [0.2, 0.25) is 0 Å². The van der Waals surface area contributed by atoms with Gasteiger partial charge in [-0.25, -0.2) is 0 Å². The Morgan fingerprint density at radius 2 is 2.15 bits per heavy atom. The van der Waals surface area contributed by atoms with E-state index in [2.05, 4.69) is 24.0 Å². The predicted molar refractivity (Wildman–Crippen MR) is 54.8 cm³/mol. The fraction of sp³-hybridized carbons (Fsp3) is 0.750. The number of thioether (sulfide) groups is 1. The van der Waals surface area contributed by atoms with Gasteiger partial charge in [-0.2, -0.15) is 0 Å². The maximum absolute atomic E-state index is 5.45. The van der Waals surface area contributed by atoms with Gasteiger partial charge < -0.3 is 10.3 Å². The molecule has 4 nitrogen and oxygen atoms in total. The van der Waals surface area contributed by atoms with Crippen LogP contribution in [-0.4, -0.2) is 26.6 Å². The van der Waals surface area contributed by atoms with Crippen LogP contribution in [-0.2, 0) is 13.5 Å². The highest BCUT2D eigenvalue weighted by Crippen LogP contribution is 2.20. The van der Waals surface area contributed by atoms with Gasteiger partial charge in [0.15, 0.2) is 5.16 Å². The smallest absolute Gasteiger partial charge is 0.191 e. The number of aromatic nitrogens is 3. The molecule has 0 aliphatic carbocycles. The van der Waals surface area contributed by atoms with E-state index in [1.54, 1.807) is 11.8 Å². The predicted octanol–water partition coefficient (Wildman–Crippen LogP) is 0.817. The number of nitrogens with zero attached hydrogens (tertiary/aromatic N) is 3. The van der Waals surface area contributed by atoms with E-state index in [9.17, 15) is 0 Å². The Labute approximate surface area is 82.9 Å². The summed E-state index contributed by atoms with van der Waals surface area (Å²) < 4.78 is 2.01. The zero-order chi connectivity index (χ0) is 9.84. The van der Waals surface area contributed by atoms with Crippen LogP contribution in [0.4, 0.5) is 0 Å². The van der Waals surface area contributed by atoms with Crippen molar-refractivity contribution in [1.82, 2.24) is 14.8 Å². The van der Waals surface area contributed by atoms with Crippen molar-refractivity contribution in [1.29, 1.82) is 0 Å². The van der Waals surface area contributed by atoms with E-state index >= 15 is 0 Å². The molecule has 2 N–H and O–H groups in total. The largest absolute Gasteiger partial charge is 0.330 e. The summed E-state index contributed by atoms with van der Waals surface area (Å²) in [6.45, 7) is 4.90. The third-order valence-corrected chi connectivity index (χ3v) is 2.67. The van der Waals surface area contributed by atoms with Gasteiger partial charge in [-0.3, -0.25) is 0 Å². The molecule has 0 aromatic carbocycles. The standard InChI is InChI=1S/C8H16N4S/c1-6(2)13-8-11-10-7(4-5-9)12(8)3/h6H,4-5,9H2,1-3H3. The molecule has 0 aliphatic heterocycles. The molecule has 1 aromatic rings. The Balaban J connectivity index is 2.74. The van der Waals surface area contributed by atoms with E-state index in [4.69, 9.17) is 5.73 Å². The highest BCUT2D eigenvalue weighted by atomic mass is 32.2. The molecule has 1 aromatic heterocycles. The summed E-state index contributed by atoms with van der Waals surface area (Å²) in [5, 5.41) is 9.67. The van der Waals surface area contributed by atoms with E-state index in [1.807, 2.05) is 11.6 Å². The average Bonchev–Trinajstić information content (AvgIpc) is 2.36. The van der Waals surface area contributed by atoms with Gasteiger partial charge in [0.25, 0.3) is 0 Å². The molecule has 13 heavy (non-hydrogen) atoms. The Bertz CT molecular complexity index is 269. The number of hydrogen-bond acceptors (Lipinski definition) is 4. The first-order valence-corrected chi connectivity index (χ1v) is 5.28. The number of nitrogens with two attached hydrogens (primary N) is 1. The molecular weight excluding hydrogens is 184 g/mol. The Morgan fingerprint density at radius 1 is 1.46 bits per heavy atom. The van der Waals surface area contributed by atoms with Crippen LogP contribution in [0.3, 0.4) is 0 Å². The molecule has 0 saturated carbocycles. The SMILES string of the molecule is CC(C)Sc1nnc(CCN)n1C. The maximum atomic E-state index is 5.45. The molecule has 1 heterocycles. The summed E-state index contributed by atoms with van der Waals surface area (Å²) in [6.07, 6.45) is 0.794. The lowest BCUT2D eigenvalue weighted by molar-refractivity contribution is 0.725. The first-order chi connectivity index (χ1) is 6.15. The van der Waals surface area contributed by atoms with Crippen LogP contribution in [0, 0.1) is 0 Å². The zero-order valence-electron chi connectivity index (χ0n) is 8.32. The molecule has 1 rings (SSSR count). The van der Waals surface area contributed by atoms with Crippen molar-refractivity contribution >= 4 is 11.8 Å². The molecule has 0 saturated heterocycles. The fourth-order valence-electron chi connectivity index (χ4n) is 1.01. The third kappa shape index (κ3) is 2.70. The zero-order valence-corrected chi connectivity index (χ0v) is 9.14. The molecule has 0 fully saturated rings. The number of rotatable bonds is 4. The minimum atomic E-state index is 0.536. The quantitative estimate of drug-likeness (QED) is 0.731. The van der Waals surface area contributed by atoms with Crippen LogP contribution >= 0.6 is 11.8 Å². The molecule has 74 valence electrons. The lowest BCUT2D eigenvalue weighted by Crippen LogP contribution is -2.08. The molecule has 0 bridgehead atoms. The molecule has 0 amide bonds. The summed E-state index contributed by atoms with van der Waals surface area (Å²) in [6, 6.07) is 0. The third-order valence-electron chi connectivity index (χ3n) is 1.63. The second-order valence-corrected chi connectivity index (χ2v) is 4.71. The first kappa shape index (κ1) is 10.5. The molecule has 0 spiro atoms. The van der Waals surface area contributed by atoms with E-state index in [-0.39, 0.29) is 0 Å². The summed E-state index contributed by atoms with van der Waals surface area (Å²) >= 11 is 1.72. The van der Waals surface area contributed by atoms with Crippen molar-refractivity contribution in [2.24, 2.45) is 12.8 Å². The van der Waals surface area contributed by atoms with Crippen molar-refractivity contribution in [2.75, 3.05) is 6.54 Å². The minimum Gasteiger partial charge on any atom is -0.330 e. The molecule has 0 radical (unpaired) electrons. The lowest BCUT2D eigenvalue weighted by Gasteiger charge is -2.04. The summed E-state index contributed by atoms with van der Waals surface area (Å²) in [5.74, 6) is 0.964. The van der Waals surface area contributed by atoms with Crippen LogP contribution in [0.5, 0.6) is 0 Å². The van der Waals surface area contributed by atoms with Gasteiger partial charge in [-0.15, -0.1) is 10.2 Å². The number of hydrogen-bond donors (Lipinski definition) is 1. The normalized spacial score (nSPS) is 11.2. The van der Waals surface area contributed by atoms with E-state index in [0.29, 0.717) is 11.8 Å². The van der Waals surface area contributed by atoms with Crippen LogP contribution in [0.2, 0.25) is 0 Å². The van der Waals surface area contributed by atoms with Crippen molar-refractivity contribution < 1.29 is 0 Å². The highest BCUT2D eigenvalue weighted by Gasteiger charge is 2.09. The molecule has 0 aliphatic rings. The van der Waals surface area contributed by atoms with E-state index in [0.717, 1.165) is 17.4 Å². The summed E-state index contributed by atoms with van der Waals surface area (Å²) in [5.41, 5.74) is 5.45. The van der Waals surface area contributed by atoms with E-state index in [1.165, 1.54) is 0 Å². The molecule has 0 unspecified atom stereocenters. The van der Waals surface area contributed by atoms with E-state index < -0.39 is 0 Å². The van der Waals surface area contributed by atoms with Crippen molar-refractivity contribution in [3.63, 3.8) is 0 Å². The van der Waals surface area contributed by atoms with Gasteiger partial charge >= 0.3 is 0 Å². The minimum absolute atomic E-state index is 0.536. The molecule has 5 heteroatoms. The Hall–Kier alpha value is -0.550. The van der Waals surface area contributed by atoms with Crippen LogP contribution in [0.25, 0.3) is 0 Å². The van der Waals surface area contributed by atoms with Crippen molar-refractivity contribution in [3.05, 3.63) is 5.82 Å². The summed E-state index contributed by atoms with van der Waals surface area (Å²) in [7, 11) is 1.98. The maximum Gasteiger partial charge on any atom is 0.191 e. The monoisotopic (exact) mass is 200 g/mol. The second kappa shape index (κ2) is 4.62. The molecule has 0 atom stereocenters. The fourth-order valence-corrected chi connectivity index (χ4v) is 1.78. The van der Waals surface area contributed by atoms with Crippen molar-refractivity contribution in [2.45, 2.75) is 30.7 Å². The van der Waals surface area contributed by atoms with Crippen molar-refractivity contribution in [3.8, 4) is 0 Å². The topological polar surface area (TPSA) is 56.7 Å². The van der Waals surface area contributed by atoms with Crippen LogP contribution in [0.1, 0.15) is 19.7 Å². The summed E-state index contributed by atoms with van der Waals surface area (Å²) in [4.78, 5) is 0. The Kier molecular flexibility index (Phi) is 3.74. The van der Waals surface area contributed by atoms with Crippen LogP contribution in [0.15, 0.2) is 5.16 Å². The van der Waals surface area contributed by atoms with Gasteiger partial charge in [-0.05, 0) is 6.54 Å². The van der Waals surface area contributed by atoms with Gasteiger partial charge in [0.05, 0.1) is 0 Å². The lowest BCUT2D eigenvalue weighted by atomic mass is 10.4. The molecular formula is C8H16N4S. The van der Waals surface area contributed by atoms with Crippen LogP contribution < -0.4 is 5.73 Å². The Morgan fingerprint density at radius 3 is 2.69 bits per heavy atom. The highest BCUT2D eigenvalue weighted by molar-refractivity contribution is 7.99. The first-order valence-electron chi connectivity index (χ1n) is 4.40. The van der Waals surface area contributed by atoms with Gasteiger partial charge in [0.1, 0.15) is 5.82 Å².